The first kappa shape index (κ1) is 34.5. The van der Waals surface area contributed by atoms with Crippen LogP contribution in [0.3, 0.4) is 0 Å². The van der Waals surface area contributed by atoms with Crippen molar-refractivity contribution in [3.63, 3.8) is 0 Å². The van der Waals surface area contributed by atoms with E-state index >= 15 is 0 Å². The summed E-state index contributed by atoms with van der Waals surface area (Å²) in [6.07, 6.45) is 10.6. The lowest BCUT2D eigenvalue weighted by molar-refractivity contribution is -0.123. The van der Waals surface area contributed by atoms with Crippen LogP contribution in [0.25, 0.3) is 0 Å². The molecule has 2 aliphatic rings. The van der Waals surface area contributed by atoms with E-state index in [1.807, 2.05) is 4.90 Å². The molecular weight excluding hydrogens is 496 g/mol. The molecule has 1 N–H and O–H groups in total. The second-order valence-electron chi connectivity index (χ2n) is 11.2. The fraction of sp³-hybridized carbons (Fsp3) is 0.742. The van der Waals surface area contributed by atoms with Gasteiger partial charge in [-0.1, -0.05) is 60.8 Å². The highest BCUT2D eigenvalue weighted by Gasteiger charge is 2.36. The summed E-state index contributed by atoms with van der Waals surface area (Å²) in [5.41, 5.74) is 1.73. The molecule has 0 aromatic heterocycles. The number of likely N-dealkylation sites (N-methyl/N-ethyl adjacent to an activating group) is 1. The molecule has 0 aliphatic carbocycles. The zero-order chi connectivity index (χ0) is 29.3. The SMILES string of the molecule is CCCC(C)(C)C[C@H]1C[C@@H](c2cc(OC)c3c(c2)OCO3)CN1CC.CCCCN(C=O)CCCC.O=CO. The van der Waals surface area contributed by atoms with Crippen molar-refractivity contribution >= 4 is 12.9 Å². The third-order valence-corrected chi connectivity index (χ3v) is 7.55. The van der Waals surface area contributed by atoms with Gasteiger partial charge in [0.2, 0.25) is 19.0 Å². The number of unbranched alkanes of at least 4 members (excludes halogenated alkanes) is 2. The van der Waals surface area contributed by atoms with E-state index in [9.17, 15) is 4.79 Å². The predicted molar refractivity (Wildman–Crippen MR) is 157 cm³/mol. The molecule has 1 fully saturated rings. The maximum Gasteiger partial charge on any atom is 0.290 e. The van der Waals surface area contributed by atoms with Crippen LogP contribution >= 0.6 is 0 Å². The molecule has 1 saturated heterocycles. The molecule has 0 spiro atoms. The zero-order valence-electron chi connectivity index (χ0n) is 25.5. The Morgan fingerprint density at radius 2 is 1.72 bits per heavy atom. The van der Waals surface area contributed by atoms with Crippen LogP contribution in [0.4, 0.5) is 0 Å². The van der Waals surface area contributed by atoms with Gasteiger partial charge in [-0.3, -0.25) is 9.59 Å². The summed E-state index contributed by atoms with van der Waals surface area (Å²) in [5.74, 6) is 2.90. The number of carbonyl (C=O) groups excluding carboxylic acids is 1. The smallest absolute Gasteiger partial charge is 0.290 e. The van der Waals surface area contributed by atoms with Gasteiger partial charge in [0, 0.05) is 25.7 Å². The minimum Gasteiger partial charge on any atom is -0.493 e. The lowest BCUT2D eigenvalue weighted by atomic mass is 9.80. The third kappa shape index (κ3) is 11.7. The quantitative estimate of drug-likeness (QED) is 0.262. The summed E-state index contributed by atoms with van der Waals surface area (Å²) < 4.78 is 16.7. The number of likely N-dealkylation sites (tertiary alicyclic amines) is 1. The maximum atomic E-state index is 10.4. The molecule has 3 rings (SSSR count). The van der Waals surface area contributed by atoms with Crippen LogP contribution in [0.1, 0.15) is 104 Å². The highest BCUT2D eigenvalue weighted by atomic mass is 16.7. The molecule has 2 atom stereocenters. The Labute approximate surface area is 237 Å². The Balaban J connectivity index is 0.000000457. The van der Waals surface area contributed by atoms with E-state index in [4.69, 9.17) is 24.1 Å². The molecule has 2 heterocycles. The monoisotopic (exact) mass is 550 g/mol. The molecule has 0 radical (unpaired) electrons. The largest absolute Gasteiger partial charge is 0.493 e. The van der Waals surface area contributed by atoms with Gasteiger partial charge in [-0.15, -0.1) is 0 Å². The van der Waals surface area contributed by atoms with Crippen molar-refractivity contribution in [2.75, 3.05) is 40.1 Å². The van der Waals surface area contributed by atoms with E-state index in [0.29, 0.717) is 17.4 Å². The Bertz CT molecular complexity index is 824. The van der Waals surface area contributed by atoms with E-state index in [0.717, 1.165) is 75.5 Å². The number of ether oxygens (including phenoxy) is 3. The van der Waals surface area contributed by atoms with Gasteiger partial charge in [-0.25, -0.2) is 0 Å². The molecule has 1 aromatic rings. The van der Waals surface area contributed by atoms with E-state index in [1.165, 1.54) is 31.2 Å². The molecule has 0 unspecified atom stereocenters. The third-order valence-electron chi connectivity index (χ3n) is 7.55. The fourth-order valence-electron chi connectivity index (χ4n) is 5.57. The molecule has 39 heavy (non-hydrogen) atoms. The van der Waals surface area contributed by atoms with Crippen molar-refractivity contribution < 1.29 is 28.9 Å². The second kappa shape index (κ2) is 18.7. The lowest BCUT2D eigenvalue weighted by Gasteiger charge is -2.32. The van der Waals surface area contributed by atoms with Gasteiger partial charge in [0.1, 0.15) is 0 Å². The Hall–Kier alpha value is -2.48. The summed E-state index contributed by atoms with van der Waals surface area (Å²) in [6, 6.07) is 4.96. The van der Waals surface area contributed by atoms with Crippen LogP contribution in [-0.2, 0) is 9.59 Å². The molecular formula is C31H54N2O6. The number of benzene rings is 1. The molecule has 1 amide bonds. The molecule has 8 nitrogen and oxygen atoms in total. The zero-order valence-corrected chi connectivity index (χ0v) is 25.5. The van der Waals surface area contributed by atoms with Crippen LogP contribution < -0.4 is 14.2 Å². The van der Waals surface area contributed by atoms with Crippen molar-refractivity contribution in [1.82, 2.24) is 9.80 Å². The van der Waals surface area contributed by atoms with Crippen molar-refractivity contribution in [2.24, 2.45) is 5.41 Å². The van der Waals surface area contributed by atoms with E-state index in [-0.39, 0.29) is 13.3 Å². The number of fused-ring (bicyclic) bond motifs is 1. The topological polar surface area (TPSA) is 88.5 Å². The van der Waals surface area contributed by atoms with Gasteiger partial charge < -0.3 is 29.1 Å². The minimum atomic E-state index is -0.250. The van der Waals surface area contributed by atoms with E-state index < -0.39 is 0 Å². The molecule has 2 aliphatic heterocycles. The number of carboxylic acid groups (broad SMARTS) is 1. The van der Waals surface area contributed by atoms with Gasteiger partial charge in [-0.05, 0) is 67.7 Å². The van der Waals surface area contributed by atoms with E-state index in [1.54, 1.807) is 7.11 Å². The number of carbonyl (C=O) groups is 2. The molecule has 0 saturated carbocycles. The normalized spacial score (nSPS) is 17.9. The standard InChI is InChI=1S/C21H33NO3.C9H19NO.CH2O2/c1-6-8-21(3,4)12-17-9-16(13-22(17)7-2)15-10-18(23-5)20-19(11-15)24-14-25-20;1-3-5-7-10(9-11)8-6-4-2;2-1-3/h10-11,16-17H,6-9,12-14H2,1-5H3;9H,3-8H2,1-2H3;1H,(H,2,3)/t16-,17-;;/m1../s1. The lowest BCUT2D eigenvalue weighted by Crippen LogP contribution is -2.33. The first-order valence-electron chi connectivity index (χ1n) is 14.7. The molecule has 1 aromatic carbocycles. The molecule has 8 heteroatoms. The second-order valence-corrected chi connectivity index (χ2v) is 11.2. The number of hydrogen-bond acceptors (Lipinski definition) is 6. The van der Waals surface area contributed by atoms with Gasteiger partial charge in [0.15, 0.2) is 11.5 Å². The number of rotatable bonds is 14. The summed E-state index contributed by atoms with van der Waals surface area (Å²) in [6.45, 7) is 17.8. The van der Waals surface area contributed by atoms with Crippen molar-refractivity contribution in [3.8, 4) is 17.2 Å². The van der Waals surface area contributed by atoms with Gasteiger partial charge in [0.25, 0.3) is 6.47 Å². The van der Waals surface area contributed by atoms with Crippen LogP contribution in [0.5, 0.6) is 17.2 Å². The Morgan fingerprint density at radius 1 is 1.08 bits per heavy atom. The summed E-state index contributed by atoms with van der Waals surface area (Å²) in [4.78, 5) is 23.3. The maximum absolute atomic E-state index is 10.4. The summed E-state index contributed by atoms with van der Waals surface area (Å²) >= 11 is 0. The van der Waals surface area contributed by atoms with Gasteiger partial charge >= 0.3 is 0 Å². The van der Waals surface area contributed by atoms with Gasteiger partial charge in [-0.2, -0.15) is 0 Å². The summed E-state index contributed by atoms with van der Waals surface area (Å²) in [7, 11) is 1.70. The number of amides is 1. The van der Waals surface area contributed by atoms with Crippen LogP contribution in [0.2, 0.25) is 0 Å². The van der Waals surface area contributed by atoms with Crippen molar-refractivity contribution in [1.29, 1.82) is 0 Å². The molecule has 224 valence electrons. The highest BCUT2D eigenvalue weighted by molar-refractivity contribution is 5.56. The first-order valence-corrected chi connectivity index (χ1v) is 14.7. The number of nitrogens with zero attached hydrogens (tertiary/aromatic N) is 2. The Morgan fingerprint density at radius 3 is 2.23 bits per heavy atom. The number of hydrogen-bond donors (Lipinski definition) is 1. The Kier molecular flexibility index (Phi) is 16.6. The van der Waals surface area contributed by atoms with Gasteiger partial charge in [0.05, 0.1) is 7.11 Å². The number of methoxy groups -OCH3 is 1. The highest BCUT2D eigenvalue weighted by Crippen LogP contribution is 2.46. The van der Waals surface area contributed by atoms with Crippen LogP contribution in [0.15, 0.2) is 12.1 Å². The van der Waals surface area contributed by atoms with E-state index in [2.05, 4.69) is 58.6 Å². The van der Waals surface area contributed by atoms with Crippen molar-refractivity contribution in [2.45, 2.75) is 105 Å². The van der Waals surface area contributed by atoms with Crippen molar-refractivity contribution in [3.05, 3.63) is 17.7 Å². The summed E-state index contributed by atoms with van der Waals surface area (Å²) in [5, 5.41) is 6.89. The molecule has 0 bridgehead atoms. The minimum absolute atomic E-state index is 0.250. The average molecular weight is 551 g/mol. The predicted octanol–water partition coefficient (Wildman–Crippen LogP) is 6.56. The fourth-order valence-corrected chi connectivity index (χ4v) is 5.57. The first-order chi connectivity index (χ1) is 18.7. The van der Waals surface area contributed by atoms with Crippen LogP contribution in [0, 0.1) is 5.41 Å². The average Bonchev–Trinajstić information content (AvgIpc) is 3.55. The van der Waals surface area contributed by atoms with Crippen LogP contribution in [-0.4, -0.2) is 73.9 Å².